The highest BCUT2D eigenvalue weighted by Gasteiger charge is 2.34. The zero-order chi connectivity index (χ0) is 79.8. The molecule has 0 spiro atoms. The first-order valence-electron chi connectivity index (χ1n) is 39.1. The predicted molar refractivity (Wildman–Crippen MR) is 431 cm³/mol. The van der Waals surface area contributed by atoms with E-state index in [1.54, 1.807) is 67.9 Å². The van der Waals surface area contributed by atoms with Crippen molar-refractivity contribution < 1.29 is 51.3 Å². The normalized spacial score (nSPS) is 18.3. The Hall–Kier alpha value is -12.0. The second kappa shape index (κ2) is 33.1. The lowest BCUT2D eigenvalue weighted by Gasteiger charge is -2.21. The van der Waals surface area contributed by atoms with Gasteiger partial charge in [-0.1, -0.05) is 30.3 Å². The quantitative estimate of drug-likeness (QED) is 0.0352. The number of rotatable bonds is 21. The zero-order valence-corrected chi connectivity index (χ0v) is 64.9. The molecule has 27 nitrogen and oxygen atoms in total. The number of pyridine rings is 6. The topological polar surface area (TPSA) is 290 Å². The summed E-state index contributed by atoms with van der Waals surface area (Å²) in [5.41, 5.74) is 18.4. The van der Waals surface area contributed by atoms with Crippen LogP contribution in [0.5, 0.6) is 0 Å². The van der Waals surface area contributed by atoms with Crippen LogP contribution in [-0.4, -0.2) is 181 Å². The van der Waals surface area contributed by atoms with E-state index in [4.69, 9.17) is 28.9 Å². The molecule has 4 fully saturated rings. The standard InChI is InChI=1S/2C30H31FN6O3.C26H26FN7O2/c2*1-39-20-7-9-36(15-20)16-25-21(18-8-11-40-17-18)3-5-27(35-25)34-24-4-2-22(23-13-33-30(38)29(23)24)26-14-32-28-12-19(31)6-10-37(26)28;1-4-28-25(35)17-6-8-22(32-20(17)14-33(2)3)31-19-7-5-16(18-12-30-26(36)24(18)19)21-13-29-23-11-15(27)9-10-34(21)23/h2*2-6,10,12,14,18,20H,7-9,11,13,15-17H2,1H3,(H,33,38)(H,34,35);5-11,13H,4,12,14H2,1-3H3,(H,28,35)(H,30,36)(H,31,32)/t18?,20-;18-,20-;/m00./s1. The number of imidazole rings is 3. The second-order valence-electron chi connectivity index (χ2n) is 30.3. The number of aromatic nitrogens is 9. The first-order valence-corrected chi connectivity index (χ1v) is 39.1. The van der Waals surface area contributed by atoms with Gasteiger partial charge in [0.15, 0.2) is 0 Å². The van der Waals surface area contributed by atoms with Crippen LogP contribution in [0.25, 0.3) is 50.7 Å². The number of methoxy groups -OCH3 is 2. The van der Waals surface area contributed by atoms with Crippen molar-refractivity contribution in [1.29, 1.82) is 0 Å². The lowest BCUT2D eigenvalue weighted by Crippen LogP contribution is -2.26. The number of carbonyl (C=O) groups is 4. The Bertz CT molecular complexity index is 5560. The van der Waals surface area contributed by atoms with E-state index < -0.39 is 0 Å². The Morgan fingerprint density at radius 3 is 1.26 bits per heavy atom. The fraction of sp³-hybridized carbons (Fsp3) is 0.326. The molecule has 7 aliphatic heterocycles. The third kappa shape index (κ3) is 15.6. The zero-order valence-electron chi connectivity index (χ0n) is 64.9. The highest BCUT2D eigenvalue weighted by Crippen LogP contribution is 2.41. The number of nitrogens with zero attached hydrogens (tertiary/aromatic N) is 12. The molecule has 30 heteroatoms. The van der Waals surface area contributed by atoms with Gasteiger partial charge in [-0.05, 0) is 135 Å². The van der Waals surface area contributed by atoms with Gasteiger partial charge in [-0.15, -0.1) is 0 Å². The number of fused-ring (bicyclic) bond motifs is 6. The molecule has 0 radical (unpaired) electrons. The number of hydrogen-bond acceptors (Lipinski definition) is 20. The van der Waals surface area contributed by atoms with E-state index in [-0.39, 0.29) is 53.3 Å². The van der Waals surface area contributed by atoms with Crippen LogP contribution in [0.15, 0.2) is 146 Å². The summed E-state index contributed by atoms with van der Waals surface area (Å²) in [5.74, 6) is 0.911. The third-order valence-electron chi connectivity index (χ3n) is 22.6. The highest BCUT2D eigenvalue weighted by molar-refractivity contribution is 6.08. The van der Waals surface area contributed by atoms with Crippen LogP contribution >= 0.6 is 0 Å². The van der Waals surface area contributed by atoms with Gasteiger partial charge < -0.3 is 61.1 Å². The number of likely N-dealkylation sites (tertiary alicyclic amines) is 2. The number of carbonyl (C=O) groups excluding carboxylic acids is 4. The van der Waals surface area contributed by atoms with Crippen molar-refractivity contribution >= 4 is 75.1 Å². The SMILES string of the molecule is CCNC(=O)c1ccc(Nc2ccc(-c3cnc4cc(F)ccn34)c3c2C(=O)NC3)nc1CN(C)C.CO[C@H]1CCN(Cc2nc(Nc3ccc(-c4cnc5cc(F)ccn45)c4c3C(=O)NC4)ccc2C2CCOC2)C1.CO[C@H]1CCN(Cc2nc(Nc3ccc(-c4cnc5cc(F)ccn45)c4c3C(=O)NC4)ccc2[C@H]2CCOC2)C1. The monoisotopic (exact) mass is 1570 g/mol. The van der Waals surface area contributed by atoms with Crippen LogP contribution in [-0.2, 0) is 58.2 Å². The molecule has 1 unspecified atom stereocenters. The summed E-state index contributed by atoms with van der Waals surface area (Å²) in [5, 5.41) is 21.8. The van der Waals surface area contributed by atoms with Gasteiger partial charge in [0, 0.05) is 165 Å². The molecule has 7 aliphatic rings. The van der Waals surface area contributed by atoms with Gasteiger partial charge in [-0.2, -0.15) is 0 Å². The molecule has 4 amide bonds. The van der Waals surface area contributed by atoms with Crippen molar-refractivity contribution in [3.63, 3.8) is 0 Å². The van der Waals surface area contributed by atoms with Crippen LogP contribution in [0.2, 0.25) is 0 Å². The van der Waals surface area contributed by atoms with Crippen molar-refractivity contribution in [1.82, 2.24) is 79.1 Å². The van der Waals surface area contributed by atoms with E-state index in [2.05, 4.69) is 79.1 Å². The number of hydrogen-bond donors (Lipinski definition) is 7. The minimum absolute atomic E-state index is 0.137. The van der Waals surface area contributed by atoms with Gasteiger partial charge in [-0.3, -0.25) is 42.2 Å². The maximum Gasteiger partial charge on any atom is 0.254 e. The summed E-state index contributed by atoms with van der Waals surface area (Å²) in [4.78, 5) is 86.0. The van der Waals surface area contributed by atoms with Crippen LogP contribution in [0.1, 0.15) is 131 Å². The molecule has 4 atom stereocenters. The van der Waals surface area contributed by atoms with Crippen molar-refractivity contribution in [2.24, 2.45) is 0 Å². The molecule has 116 heavy (non-hydrogen) atoms. The van der Waals surface area contributed by atoms with Crippen molar-refractivity contribution in [2.75, 3.05) is 103 Å². The summed E-state index contributed by atoms with van der Waals surface area (Å²) in [6.07, 6.45) is 14.6. The second-order valence-corrected chi connectivity index (χ2v) is 30.3. The van der Waals surface area contributed by atoms with Gasteiger partial charge >= 0.3 is 0 Å². The molecule has 16 heterocycles. The summed E-state index contributed by atoms with van der Waals surface area (Å²) in [6, 6.07) is 31.6. The lowest BCUT2D eigenvalue weighted by molar-refractivity contribution is 0.0948. The fourth-order valence-corrected chi connectivity index (χ4v) is 16.8. The van der Waals surface area contributed by atoms with Crippen molar-refractivity contribution in [2.45, 2.75) is 95.9 Å². The number of amides is 4. The number of ether oxygens (including phenoxy) is 4. The van der Waals surface area contributed by atoms with E-state index >= 15 is 0 Å². The van der Waals surface area contributed by atoms with Gasteiger partial charge in [0.1, 0.15) is 51.8 Å². The van der Waals surface area contributed by atoms with E-state index in [1.807, 2.05) is 83.3 Å². The maximum absolute atomic E-state index is 13.7. The van der Waals surface area contributed by atoms with E-state index in [0.29, 0.717) is 137 Å². The Labute approximate surface area is 666 Å². The number of anilines is 6. The van der Waals surface area contributed by atoms with Crippen molar-refractivity contribution in [3.05, 3.63) is 231 Å². The predicted octanol–water partition coefficient (Wildman–Crippen LogP) is 11.8. The minimum Gasteiger partial charge on any atom is -0.381 e. The maximum atomic E-state index is 13.7. The molecule has 0 aliphatic carbocycles. The smallest absolute Gasteiger partial charge is 0.254 e. The third-order valence-corrected chi connectivity index (χ3v) is 22.6. The summed E-state index contributed by atoms with van der Waals surface area (Å²) < 4.78 is 69.1. The average molecular weight is 1570 g/mol. The molecule has 3 aromatic carbocycles. The Kier molecular flexibility index (Phi) is 21.8. The number of benzene rings is 3. The minimum atomic E-state index is -0.361. The number of halogens is 3. The van der Waals surface area contributed by atoms with Crippen LogP contribution < -0.4 is 37.2 Å². The summed E-state index contributed by atoms with van der Waals surface area (Å²) >= 11 is 0. The van der Waals surface area contributed by atoms with Crippen LogP contribution in [0, 0.1) is 17.5 Å². The van der Waals surface area contributed by atoms with Gasteiger partial charge in [0.05, 0.1) is 117 Å². The molecular weight excluding hydrogens is 1480 g/mol. The van der Waals surface area contributed by atoms with E-state index in [0.717, 1.165) is 140 Å². The molecule has 0 bridgehead atoms. The van der Waals surface area contributed by atoms with Gasteiger partial charge in [-0.25, -0.2) is 43.1 Å². The first-order chi connectivity index (χ1) is 56.5. The average Bonchev–Trinajstić information content (AvgIpc) is 1.62. The molecule has 9 aromatic heterocycles. The molecule has 0 saturated carbocycles. The number of nitrogens with one attached hydrogen (secondary N) is 7. The molecule has 12 aromatic rings. The van der Waals surface area contributed by atoms with Crippen molar-refractivity contribution in [3.8, 4) is 33.8 Å². The van der Waals surface area contributed by atoms with Gasteiger partial charge in [0.2, 0.25) is 0 Å². The first kappa shape index (κ1) is 76.6. The van der Waals surface area contributed by atoms with Crippen LogP contribution in [0.3, 0.4) is 0 Å². The molecule has 596 valence electrons. The summed E-state index contributed by atoms with van der Waals surface area (Å²) in [7, 11) is 7.36. The Morgan fingerprint density at radius 1 is 0.517 bits per heavy atom. The molecular formula is C86H88F3N19O8. The van der Waals surface area contributed by atoms with Crippen LogP contribution in [0.4, 0.5) is 47.7 Å². The molecule has 7 N–H and O–H groups in total. The summed E-state index contributed by atoms with van der Waals surface area (Å²) in [6.45, 7) is 12.2. The largest absolute Gasteiger partial charge is 0.381 e. The fourth-order valence-electron chi connectivity index (χ4n) is 16.8. The van der Waals surface area contributed by atoms with E-state index in [1.165, 1.54) is 47.5 Å². The Morgan fingerprint density at radius 2 is 0.905 bits per heavy atom. The Balaban J connectivity index is 0.000000125. The lowest BCUT2D eigenvalue weighted by atomic mass is 9.96. The molecule has 4 saturated heterocycles. The molecule has 19 rings (SSSR count). The highest BCUT2D eigenvalue weighted by atomic mass is 19.1. The van der Waals surface area contributed by atoms with E-state index in [9.17, 15) is 32.3 Å². The van der Waals surface area contributed by atoms with Gasteiger partial charge in [0.25, 0.3) is 23.6 Å².